The minimum atomic E-state index is 0.221. The van der Waals surface area contributed by atoms with E-state index in [1.165, 1.54) is 5.69 Å². The molecule has 0 aliphatic carbocycles. The number of benzene rings is 2. The molecule has 120 valence electrons. The second kappa shape index (κ2) is 7.88. The number of halogens is 1. The van der Waals surface area contributed by atoms with Gasteiger partial charge >= 0.3 is 0 Å². The van der Waals surface area contributed by atoms with Crippen molar-refractivity contribution in [2.24, 2.45) is 0 Å². The molecule has 0 aromatic heterocycles. The summed E-state index contributed by atoms with van der Waals surface area (Å²) in [6, 6.07) is 18.4. The Morgan fingerprint density at radius 1 is 0.957 bits per heavy atom. The molecule has 2 aromatic rings. The van der Waals surface area contributed by atoms with Gasteiger partial charge in [0.2, 0.25) is 5.91 Å². The molecule has 1 aliphatic rings. The van der Waals surface area contributed by atoms with Gasteiger partial charge in [0.1, 0.15) is 0 Å². The van der Waals surface area contributed by atoms with Crippen molar-refractivity contribution in [3.63, 3.8) is 0 Å². The Morgan fingerprint density at radius 2 is 1.61 bits per heavy atom. The van der Waals surface area contributed by atoms with E-state index in [-0.39, 0.29) is 5.91 Å². The van der Waals surface area contributed by atoms with Crippen LogP contribution in [0.15, 0.2) is 64.0 Å². The number of hydrogen-bond acceptors (Lipinski definition) is 3. The summed E-state index contributed by atoms with van der Waals surface area (Å²) in [6.07, 6.45) is 0. The lowest BCUT2D eigenvalue weighted by molar-refractivity contribution is -0.128. The van der Waals surface area contributed by atoms with Crippen LogP contribution in [0.1, 0.15) is 0 Å². The first-order chi connectivity index (χ1) is 11.2. The number of nitrogens with zero attached hydrogens (tertiary/aromatic N) is 2. The number of para-hydroxylation sites is 1. The maximum Gasteiger partial charge on any atom is 0.233 e. The topological polar surface area (TPSA) is 23.6 Å². The zero-order valence-electron chi connectivity index (χ0n) is 12.8. The molecule has 0 radical (unpaired) electrons. The third kappa shape index (κ3) is 4.30. The van der Waals surface area contributed by atoms with Gasteiger partial charge < -0.3 is 9.80 Å². The lowest BCUT2D eigenvalue weighted by Crippen LogP contribution is -2.49. The maximum absolute atomic E-state index is 12.4. The summed E-state index contributed by atoms with van der Waals surface area (Å²) in [6.45, 7) is 3.39. The van der Waals surface area contributed by atoms with Crippen LogP contribution in [0.25, 0.3) is 0 Å². The molecule has 1 aliphatic heterocycles. The number of rotatable bonds is 4. The van der Waals surface area contributed by atoms with E-state index in [1.807, 2.05) is 35.2 Å². The Morgan fingerprint density at radius 3 is 2.30 bits per heavy atom. The molecule has 5 heteroatoms. The average Bonchev–Trinajstić information content (AvgIpc) is 2.62. The summed E-state index contributed by atoms with van der Waals surface area (Å²) in [5.74, 6) is 0.715. The lowest BCUT2D eigenvalue weighted by Gasteiger charge is -2.36. The molecular weight excluding hydrogens is 372 g/mol. The summed E-state index contributed by atoms with van der Waals surface area (Å²) in [7, 11) is 0. The van der Waals surface area contributed by atoms with E-state index >= 15 is 0 Å². The fourth-order valence-corrected chi connectivity index (χ4v) is 4.12. The molecule has 2 aromatic carbocycles. The van der Waals surface area contributed by atoms with E-state index < -0.39 is 0 Å². The SMILES string of the molecule is O=C(CSc1ccccc1Br)N1CCN(c2ccccc2)CC1. The molecule has 1 amide bonds. The molecule has 3 rings (SSSR count). The Labute approximate surface area is 149 Å². The van der Waals surface area contributed by atoms with Crippen LogP contribution in [0.5, 0.6) is 0 Å². The van der Waals surface area contributed by atoms with Gasteiger partial charge in [-0.3, -0.25) is 4.79 Å². The van der Waals surface area contributed by atoms with Gasteiger partial charge in [0.25, 0.3) is 0 Å². The van der Waals surface area contributed by atoms with Crippen molar-refractivity contribution < 1.29 is 4.79 Å². The van der Waals surface area contributed by atoms with E-state index in [9.17, 15) is 4.79 Å². The summed E-state index contributed by atoms with van der Waals surface area (Å²) in [5.41, 5.74) is 1.24. The van der Waals surface area contributed by atoms with Gasteiger partial charge in [0, 0.05) is 41.2 Å². The predicted octanol–water partition coefficient (Wildman–Crippen LogP) is 3.89. The van der Waals surface area contributed by atoms with Gasteiger partial charge in [0.15, 0.2) is 0 Å². The van der Waals surface area contributed by atoms with Gasteiger partial charge in [0.05, 0.1) is 5.75 Å². The first kappa shape index (κ1) is 16.4. The molecule has 0 bridgehead atoms. The fraction of sp³-hybridized carbons (Fsp3) is 0.278. The zero-order chi connectivity index (χ0) is 16.1. The number of piperazine rings is 1. The van der Waals surface area contributed by atoms with Crippen molar-refractivity contribution in [3.8, 4) is 0 Å². The van der Waals surface area contributed by atoms with Crippen LogP contribution in [0.3, 0.4) is 0 Å². The Kier molecular flexibility index (Phi) is 5.62. The quantitative estimate of drug-likeness (QED) is 0.739. The molecule has 0 atom stereocenters. The van der Waals surface area contributed by atoms with Crippen LogP contribution in [0, 0.1) is 0 Å². The number of anilines is 1. The molecular formula is C18H19BrN2OS. The molecule has 1 fully saturated rings. The van der Waals surface area contributed by atoms with Crippen LogP contribution in [0.2, 0.25) is 0 Å². The molecule has 23 heavy (non-hydrogen) atoms. The summed E-state index contributed by atoms with van der Waals surface area (Å²) < 4.78 is 1.05. The van der Waals surface area contributed by atoms with Gasteiger partial charge in [-0.2, -0.15) is 0 Å². The molecule has 0 saturated carbocycles. The zero-order valence-corrected chi connectivity index (χ0v) is 15.2. The number of carbonyl (C=O) groups is 1. The van der Waals surface area contributed by atoms with Crippen LogP contribution in [-0.4, -0.2) is 42.7 Å². The summed E-state index contributed by atoms with van der Waals surface area (Å²) in [5, 5.41) is 0. The normalized spacial score (nSPS) is 14.8. The Hall–Kier alpha value is -1.46. The minimum Gasteiger partial charge on any atom is -0.368 e. The van der Waals surface area contributed by atoms with Crippen molar-refractivity contribution >= 4 is 39.3 Å². The summed E-state index contributed by atoms with van der Waals surface area (Å²) >= 11 is 5.12. The average molecular weight is 391 g/mol. The van der Waals surface area contributed by atoms with Crippen LogP contribution >= 0.6 is 27.7 Å². The third-order valence-corrected chi connectivity index (χ3v) is 5.95. The number of carbonyl (C=O) groups excluding carboxylic acids is 1. The first-order valence-corrected chi connectivity index (χ1v) is 9.47. The highest BCUT2D eigenvalue weighted by Gasteiger charge is 2.21. The largest absolute Gasteiger partial charge is 0.368 e. The van der Waals surface area contributed by atoms with Crippen molar-refractivity contribution in [2.75, 3.05) is 36.8 Å². The van der Waals surface area contributed by atoms with Crippen molar-refractivity contribution in [1.82, 2.24) is 4.90 Å². The number of thioether (sulfide) groups is 1. The van der Waals surface area contributed by atoms with Gasteiger partial charge in [-0.15, -0.1) is 11.8 Å². The highest BCUT2D eigenvalue weighted by molar-refractivity contribution is 9.10. The Balaban J connectivity index is 1.50. The molecule has 1 saturated heterocycles. The number of amides is 1. The molecule has 3 nitrogen and oxygen atoms in total. The minimum absolute atomic E-state index is 0.221. The molecule has 0 unspecified atom stereocenters. The lowest BCUT2D eigenvalue weighted by atomic mass is 10.2. The van der Waals surface area contributed by atoms with E-state index in [0.29, 0.717) is 5.75 Å². The highest BCUT2D eigenvalue weighted by atomic mass is 79.9. The smallest absolute Gasteiger partial charge is 0.233 e. The molecule has 1 heterocycles. The monoisotopic (exact) mass is 390 g/mol. The van der Waals surface area contributed by atoms with Gasteiger partial charge in [-0.05, 0) is 40.2 Å². The van der Waals surface area contributed by atoms with Crippen LogP contribution in [-0.2, 0) is 4.79 Å². The maximum atomic E-state index is 12.4. The molecule has 0 spiro atoms. The van der Waals surface area contributed by atoms with Crippen LogP contribution < -0.4 is 4.90 Å². The predicted molar refractivity (Wildman–Crippen MR) is 100 cm³/mol. The van der Waals surface area contributed by atoms with E-state index in [1.54, 1.807) is 11.8 Å². The second-order valence-electron chi connectivity index (χ2n) is 5.42. The highest BCUT2D eigenvalue weighted by Crippen LogP contribution is 2.27. The van der Waals surface area contributed by atoms with Crippen LogP contribution in [0.4, 0.5) is 5.69 Å². The van der Waals surface area contributed by atoms with Gasteiger partial charge in [-0.25, -0.2) is 0 Å². The first-order valence-electron chi connectivity index (χ1n) is 7.69. The Bertz CT molecular complexity index is 657. The summed E-state index contributed by atoms with van der Waals surface area (Å²) in [4.78, 5) is 17.8. The fourth-order valence-electron chi connectivity index (χ4n) is 2.65. The standard InChI is InChI=1S/C18H19BrN2OS/c19-16-8-4-5-9-17(16)23-14-18(22)21-12-10-20(11-13-21)15-6-2-1-3-7-15/h1-9H,10-14H2. The van der Waals surface area contributed by atoms with E-state index in [2.05, 4.69) is 45.1 Å². The number of hydrogen-bond donors (Lipinski definition) is 0. The van der Waals surface area contributed by atoms with E-state index in [4.69, 9.17) is 0 Å². The van der Waals surface area contributed by atoms with Crippen molar-refractivity contribution in [2.45, 2.75) is 4.90 Å². The van der Waals surface area contributed by atoms with Gasteiger partial charge in [-0.1, -0.05) is 30.3 Å². The van der Waals surface area contributed by atoms with Crippen molar-refractivity contribution in [1.29, 1.82) is 0 Å². The van der Waals surface area contributed by atoms with E-state index in [0.717, 1.165) is 35.5 Å². The van der Waals surface area contributed by atoms with Crippen molar-refractivity contribution in [3.05, 3.63) is 59.1 Å². The second-order valence-corrected chi connectivity index (χ2v) is 7.29. The molecule has 0 N–H and O–H groups in total. The third-order valence-electron chi connectivity index (χ3n) is 3.94.